The fraction of sp³-hybridized carbons (Fsp3) is 0.500. The van der Waals surface area contributed by atoms with Gasteiger partial charge in [-0.15, -0.1) is 0 Å². The van der Waals surface area contributed by atoms with E-state index in [1.807, 2.05) is 0 Å². The molecule has 1 fully saturated rings. The van der Waals surface area contributed by atoms with Crippen LogP contribution in [-0.4, -0.2) is 28.8 Å². The lowest BCUT2D eigenvalue weighted by molar-refractivity contribution is -0.385. The number of benzene rings is 1. The lowest BCUT2D eigenvalue weighted by Gasteiger charge is -2.38. The van der Waals surface area contributed by atoms with Gasteiger partial charge in [-0.25, -0.2) is 0 Å². The smallest absolute Gasteiger partial charge is 0.284 e. The molecule has 1 saturated heterocycles. The summed E-state index contributed by atoms with van der Waals surface area (Å²) in [6, 6.07) is 4.52. The Hall–Kier alpha value is -1.43. The summed E-state index contributed by atoms with van der Waals surface area (Å²) < 4.78 is 0.387. The SMILES string of the molecule is CC1(C)CCCN(C(=O)c2ccc(Br)c([N+](=O)[O-])c2)C1. The summed E-state index contributed by atoms with van der Waals surface area (Å²) in [5.74, 6) is -0.131. The van der Waals surface area contributed by atoms with Crippen LogP contribution in [0.25, 0.3) is 0 Å². The zero-order chi connectivity index (χ0) is 14.9. The van der Waals surface area contributed by atoms with Crippen molar-refractivity contribution in [2.45, 2.75) is 26.7 Å². The van der Waals surface area contributed by atoms with Gasteiger partial charge < -0.3 is 4.90 Å². The van der Waals surface area contributed by atoms with Crippen molar-refractivity contribution in [2.24, 2.45) is 5.41 Å². The number of rotatable bonds is 2. The Kier molecular flexibility index (Phi) is 4.13. The highest BCUT2D eigenvalue weighted by Crippen LogP contribution is 2.30. The Morgan fingerprint density at radius 1 is 1.45 bits per heavy atom. The summed E-state index contributed by atoms with van der Waals surface area (Å²) in [6.07, 6.45) is 2.06. The summed E-state index contributed by atoms with van der Waals surface area (Å²) in [6.45, 7) is 5.68. The van der Waals surface area contributed by atoms with Crippen molar-refractivity contribution in [3.8, 4) is 0 Å². The Morgan fingerprint density at radius 2 is 2.15 bits per heavy atom. The zero-order valence-corrected chi connectivity index (χ0v) is 13.1. The third-order valence-corrected chi connectivity index (χ3v) is 4.25. The predicted molar refractivity (Wildman–Crippen MR) is 79.7 cm³/mol. The van der Waals surface area contributed by atoms with Crippen LogP contribution in [0.15, 0.2) is 22.7 Å². The molecule has 0 bridgehead atoms. The first-order valence-electron chi connectivity index (χ1n) is 6.53. The van der Waals surface area contributed by atoms with Crippen molar-refractivity contribution in [3.63, 3.8) is 0 Å². The summed E-state index contributed by atoms with van der Waals surface area (Å²) in [5, 5.41) is 10.9. The third kappa shape index (κ3) is 3.17. The number of nitro groups is 1. The van der Waals surface area contributed by atoms with Crippen molar-refractivity contribution in [1.82, 2.24) is 4.90 Å². The number of hydrogen-bond acceptors (Lipinski definition) is 3. The number of halogens is 1. The van der Waals surface area contributed by atoms with E-state index in [2.05, 4.69) is 29.8 Å². The summed E-state index contributed by atoms with van der Waals surface area (Å²) in [5.41, 5.74) is 0.402. The first-order valence-corrected chi connectivity index (χ1v) is 7.33. The van der Waals surface area contributed by atoms with Crippen molar-refractivity contribution >= 4 is 27.5 Å². The summed E-state index contributed by atoms with van der Waals surface area (Å²) in [4.78, 5) is 24.7. The minimum absolute atomic E-state index is 0.0767. The normalized spacial score (nSPS) is 17.9. The van der Waals surface area contributed by atoms with Crippen LogP contribution in [-0.2, 0) is 0 Å². The van der Waals surface area contributed by atoms with E-state index in [9.17, 15) is 14.9 Å². The van der Waals surface area contributed by atoms with Crippen molar-refractivity contribution in [3.05, 3.63) is 38.3 Å². The Morgan fingerprint density at radius 3 is 2.75 bits per heavy atom. The maximum absolute atomic E-state index is 12.5. The molecule has 2 rings (SSSR count). The highest BCUT2D eigenvalue weighted by Gasteiger charge is 2.30. The number of carbonyl (C=O) groups is 1. The van der Waals surface area contributed by atoms with E-state index >= 15 is 0 Å². The van der Waals surface area contributed by atoms with Crippen molar-refractivity contribution in [2.75, 3.05) is 13.1 Å². The quantitative estimate of drug-likeness (QED) is 0.610. The van der Waals surface area contributed by atoms with E-state index in [1.165, 1.54) is 6.07 Å². The van der Waals surface area contributed by atoms with Crippen molar-refractivity contribution < 1.29 is 9.72 Å². The molecule has 1 aromatic rings. The van der Waals surface area contributed by atoms with Crippen molar-refractivity contribution in [1.29, 1.82) is 0 Å². The van der Waals surface area contributed by atoms with Gasteiger partial charge in [0.2, 0.25) is 0 Å². The highest BCUT2D eigenvalue weighted by atomic mass is 79.9. The molecule has 0 aliphatic carbocycles. The molecule has 1 aliphatic heterocycles. The fourth-order valence-electron chi connectivity index (χ4n) is 2.56. The number of nitrogens with zero attached hydrogens (tertiary/aromatic N) is 2. The molecular formula is C14H17BrN2O3. The largest absolute Gasteiger partial charge is 0.338 e. The molecule has 108 valence electrons. The maximum atomic E-state index is 12.5. The monoisotopic (exact) mass is 340 g/mol. The van der Waals surface area contributed by atoms with Crippen LogP contribution in [0.1, 0.15) is 37.0 Å². The average molecular weight is 341 g/mol. The number of likely N-dealkylation sites (tertiary alicyclic amines) is 1. The second kappa shape index (κ2) is 5.52. The molecule has 0 unspecified atom stereocenters. The van der Waals surface area contributed by atoms with Crippen LogP contribution in [0.3, 0.4) is 0 Å². The number of piperidine rings is 1. The molecule has 0 saturated carbocycles. The second-order valence-electron chi connectivity index (χ2n) is 5.92. The molecule has 5 nitrogen and oxygen atoms in total. The second-order valence-corrected chi connectivity index (χ2v) is 6.77. The van der Waals surface area contributed by atoms with Gasteiger partial charge in [0.1, 0.15) is 0 Å². The molecule has 1 heterocycles. The number of hydrogen-bond donors (Lipinski definition) is 0. The zero-order valence-electron chi connectivity index (χ0n) is 11.6. The van der Waals surface area contributed by atoms with Gasteiger partial charge >= 0.3 is 0 Å². The minimum atomic E-state index is -0.485. The highest BCUT2D eigenvalue weighted by molar-refractivity contribution is 9.10. The number of nitro benzene ring substituents is 1. The molecule has 0 spiro atoms. The number of carbonyl (C=O) groups excluding carboxylic acids is 1. The maximum Gasteiger partial charge on any atom is 0.284 e. The van der Waals surface area contributed by atoms with E-state index in [0.29, 0.717) is 23.1 Å². The lowest BCUT2D eigenvalue weighted by Crippen LogP contribution is -2.43. The molecule has 0 N–H and O–H groups in total. The van der Waals surface area contributed by atoms with E-state index in [0.717, 1.165) is 12.8 Å². The van der Waals surface area contributed by atoms with E-state index < -0.39 is 4.92 Å². The molecule has 1 amide bonds. The van der Waals surface area contributed by atoms with Gasteiger partial charge in [0, 0.05) is 24.7 Å². The third-order valence-electron chi connectivity index (χ3n) is 3.58. The molecule has 0 aromatic heterocycles. The molecule has 6 heteroatoms. The van der Waals surface area contributed by atoms with Crippen LogP contribution >= 0.6 is 15.9 Å². The Bertz CT molecular complexity index is 557. The first kappa shape index (κ1) is 15.0. The van der Waals surface area contributed by atoms with Crippen LogP contribution in [0, 0.1) is 15.5 Å². The molecular weight excluding hydrogens is 324 g/mol. The van der Waals surface area contributed by atoms with Gasteiger partial charge in [-0.3, -0.25) is 14.9 Å². The Labute approximate surface area is 126 Å². The molecule has 0 radical (unpaired) electrons. The van der Waals surface area contributed by atoms with Gasteiger partial charge in [0.15, 0.2) is 0 Å². The van der Waals surface area contributed by atoms with Gasteiger partial charge in [0.25, 0.3) is 11.6 Å². The van der Waals surface area contributed by atoms with Gasteiger partial charge in [-0.05, 0) is 46.3 Å². The standard InChI is InChI=1S/C14H17BrN2O3/c1-14(2)6-3-7-16(9-14)13(18)10-4-5-11(15)12(8-10)17(19)20/h4-5,8H,3,6-7,9H2,1-2H3. The van der Waals surface area contributed by atoms with Crippen LogP contribution in [0.4, 0.5) is 5.69 Å². The van der Waals surface area contributed by atoms with Gasteiger partial charge in [-0.1, -0.05) is 13.8 Å². The molecule has 20 heavy (non-hydrogen) atoms. The van der Waals surface area contributed by atoms with E-state index in [4.69, 9.17) is 0 Å². The lowest BCUT2D eigenvalue weighted by atomic mass is 9.84. The first-order chi connectivity index (χ1) is 9.30. The number of amides is 1. The van der Waals surface area contributed by atoms with E-state index in [1.54, 1.807) is 17.0 Å². The predicted octanol–water partition coefficient (Wildman–Crippen LogP) is 3.62. The van der Waals surface area contributed by atoms with Crippen LogP contribution < -0.4 is 0 Å². The minimum Gasteiger partial charge on any atom is -0.338 e. The topological polar surface area (TPSA) is 63.5 Å². The van der Waals surface area contributed by atoms with Gasteiger partial charge in [0.05, 0.1) is 9.40 Å². The Balaban J connectivity index is 2.25. The van der Waals surface area contributed by atoms with Gasteiger partial charge in [-0.2, -0.15) is 0 Å². The van der Waals surface area contributed by atoms with E-state index in [-0.39, 0.29) is 17.0 Å². The van der Waals surface area contributed by atoms with Crippen LogP contribution in [0.2, 0.25) is 0 Å². The average Bonchev–Trinajstić information content (AvgIpc) is 2.37. The molecule has 1 aliphatic rings. The van der Waals surface area contributed by atoms with Crippen LogP contribution in [0.5, 0.6) is 0 Å². The molecule has 0 atom stereocenters. The molecule has 1 aromatic carbocycles. The summed E-state index contributed by atoms with van der Waals surface area (Å²) in [7, 11) is 0. The summed E-state index contributed by atoms with van der Waals surface area (Å²) >= 11 is 3.13. The fourth-order valence-corrected chi connectivity index (χ4v) is 2.96.